The van der Waals surface area contributed by atoms with Crippen LogP contribution in [-0.4, -0.2) is 16.6 Å². The Morgan fingerprint density at radius 3 is 2.76 bits per heavy atom. The lowest BCUT2D eigenvalue weighted by atomic mass is 10.2. The second-order valence-corrected chi connectivity index (χ2v) is 4.61. The molecule has 0 saturated heterocycles. The van der Waals surface area contributed by atoms with E-state index in [0.717, 1.165) is 6.07 Å². The summed E-state index contributed by atoms with van der Waals surface area (Å²) < 4.78 is 31.6. The number of ether oxygens (including phenoxy) is 1. The maximum absolute atomic E-state index is 13.5. The monoisotopic (exact) mass is 313 g/mol. The summed E-state index contributed by atoms with van der Waals surface area (Å²) in [7, 11) is 0. The molecule has 0 spiro atoms. The number of nitrogens with one attached hydrogen (secondary N) is 1. The van der Waals surface area contributed by atoms with Gasteiger partial charge in [-0.15, -0.1) is 0 Å². The molecule has 0 aliphatic rings. The van der Waals surface area contributed by atoms with Gasteiger partial charge in [0.1, 0.15) is 29.2 Å². The summed E-state index contributed by atoms with van der Waals surface area (Å²) >= 11 is 5.89. The summed E-state index contributed by atoms with van der Waals surface area (Å²) in [5, 5.41) is 3.19. The fourth-order valence-corrected chi connectivity index (χ4v) is 1.86. The van der Waals surface area contributed by atoms with Crippen LogP contribution >= 0.6 is 11.6 Å². The zero-order chi connectivity index (χ0) is 15.2. The van der Waals surface area contributed by atoms with Crippen molar-refractivity contribution in [3.63, 3.8) is 0 Å². The van der Waals surface area contributed by atoms with Gasteiger partial charge in [0.2, 0.25) is 0 Å². The lowest BCUT2D eigenvalue weighted by Gasteiger charge is -2.09. The molecule has 0 amide bonds. The Hall–Kier alpha value is -1.79. The van der Waals surface area contributed by atoms with E-state index in [1.807, 2.05) is 6.92 Å². The summed E-state index contributed by atoms with van der Waals surface area (Å²) in [5.41, 5.74) is 0.331. The fraction of sp³-hybridized carbons (Fsp3) is 0.286. The largest absolute Gasteiger partial charge is 0.374 e. The molecule has 0 aliphatic carbocycles. The molecule has 1 heterocycles. The maximum atomic E-state index is 13.5. The van der Waals surface area contributed by atoms with Gasteiger partial charge >= 0.3 is 0 Å². The summed E-state index contributed by atoms with van der Waals surface area (Å²) in [5.74, 6) is -0.336. The van der Waals surface area contributed by atoms with E-state index in [1.54, 1.807) is 0 Å². The predicted molar refractivity (Wildman–Crippen MR) is 76.1 cm³/mol. The predicted octanol–water partition coefficient (Wildman–Crippen LogP) is 3.56. The maximum Gasteiger partial charge on any atom is 0.158 e. The minimum absolute atomic E-state index is 0.160. The average Bonchev–Trinajstić information content (AvgIpc) is 2.43. The highest BCUT2D eigenvalue weighted by atomic mass is 35.5. The fourth-order valence-electron chi connectivity index (χ4n) is 1.66. The smallest absolute Gasteiger partial charge is 0.158 e. The molecule has 112 valence electrons. The van der Waals surface area contributed by atoms with Crippen LogP contribution in [0.15, 0.2) is 24.3 Å². The Labute approximate surface area is 126 Å². The van der Waals surface area contributed by atoms with E-state index < -0.39 is 11.6 Å². The third-order valence-corrected chi connectivity index (χ3v) is 2.85. The third-order valence-electron chi connectivity index (χ3n) is 2.65. The molecule has 0 radical (unpaired) electrons. The lowest BCUT2D eigenvalue weighted by molar-refractivity contribution is 0.128. The normalized spacial score (nSPS) is 10.7. The highest BCUT2D eigenvalue weighted by Gasteiger charge is 2.06. The van der Waals surface area contributed by atoms with Gasteiger partial charge in [-0.3, -0.25) is 0 Å². The molecule has 0 bridgehead atoms. The minimum Gasteiger partial charge on any atom is -0.374 e. The van der Waals surface area contributed by atoms with E-state index in [-0.39, 0.29) is 18.3 Å². The summed E-state index contributed by atoms with van der Waals surface area (Å²) in [6, 6.07) is 4.94. The number of nitrogens with zero attached hydrogens (tertiary/aromatic N) is 2. The molecule has 2 rings (SSSR count). The molecule has 1 aromatic carbocycles. The van der Waals surface area contributed by atoms with Gasteiger partial charge < -0.3 is 10.1 Å². The van der Waals surface area contributed by atoms with Crippen molar-refractivity contribution >= 4 is 17.4 Å². The van der Waals surface area contributed by atoms with Gasteiger partial charge in [-0.05, 0) is 13.0 Å². The first-order chi connectivity index (χ1) is 10.1. The molecule has 0 saturated carbocycles. The van der Waals surface area contributed by atoms with Crippen molar-refractivity contribution in [1.29, 1.82) is 0 Å². The molecule has 7 heteroatoms. The van der Waals surface area contributed by atoms with Gasteiger partial charge in [-0.2, -0.15) is 0 Å². The molecular formula is C14H14ClF2N3O. The topological polar surface area (TPSA) is 47.0 Å². The van der Waals surface area contributed by atoms with Crippen molar-refractivity contribution in [2.75, 3.05) is 11.9 Å². The van der Waals surface area contributed by atoms with Crippen molar-refractivity contribution in [3.8, 4) is 0 Å². The molecular weight excluding hydrogens is 300 g/mol. The first-order valence-corrected chi connectivity index (χ1v) is 6.75. The first kappa shape index (κ1) is 15.6. The highest BCUT2D eigenvalue weighted by molar-refractivity contribution is 6.29. The molecule has 1 aromatic heterocycles. The molecule has 2 aromatic rings. The highest BCUT2D eigenvalue weighted by Crippen LogP contribution is 2.15. The van der Waals surface area contributed by atoms with E-state index in [4.69, 9.17) is 16.3 Å². The van der Waals surface area contributed by atoms with Crippen LogP contribution in [0.25, 0.3) is 0 Å². The SMILES string of the molecule is CCOCc1nc(Cl)cc(NCc2ccc(F)cc2F)n1. The van der Waals surface area contributed by atoms with Crippen LogP contribution in [0.3, 0.4) is 0 Å². The number of hydrogen-bond donors (Lipinski definition) is 1. The van der Waals surface area contributed by atoms with E-state index in [0.29, 0.717) is 23.8 Å². The summed E-state index contributed by atoms with van der Waals surface area (Å²) in [6.45, 7) is 2.81. The van der Waals surface area contributed by atoms with Crippen LogP contribution in [0.5, 0.6) is 0 Å². The van der Waals surface area contributed by atoms with Crippen LogP contribution in [-0.2, 0) is 17.9 Å². The molecule has 1 N–H and O–H groups in total. The van der Waals surface area contributed by atoms with Gasteiger partial charge in [-0.1, -0.05) is 17.7 Å². The molecule has 0 aliphatic heterocycles. The summed E-state index contributed by atoms with van der Waals surface area (Å²) in [4.78, 5) is 8.23. The van der Waals surface area contributed by atoms with Gasteiger partial charge in [0, 0.05) is 30.8 Å². The number of anilines is 1. The number of aromatic nitrogens is 2. The second-order valence-electron chi connectivity index (χ2n) is 4.22. The van der Waals surface area contributed by atoms with E-state index >= 15 is 0 Å². The van der Waals surface area contributed by atoms with Crippen molar-refractivity contribution in [1.82, 2.24) is 9.97 Å². The molecule has 0 fully saturated rings. The second kappa shape index (κ2) is 7.28. The van der Waals surface area contributed by atoms with E-state index in [1.165, 1.54) is 18.2 Å². The van der Waals surface area contributed by atoms with Crippen LogP contribution in [0, 0.1) is 11.6 Å². The molecule has 4 nitrogen and oxygen atoms in total. The van der Waals surface area contributed by atoms with Crippen molar-refractivity contribution in [2.45, 2.75) is 20.1 Å². The Morgan fingerprint density at radius 2 is 2.05 bits per heavy atom. The van der Waals surface area contributed by atoms with E-state index in [9.17, 15) is 8.78 Å². The van der Waals surface area contributed by atoms with Crippen molar-refractivity contribution in [2.24, 2.45) is 0 Å². The van der Waals surface area contributed by atoms with Gasteiger partial charge in [-0.25, -0.2) is 18.7 Å². The Bertz CT molecular complexity index is 625. The van der Waals surface area contributed by atoms with Gasteiger partial charge in [0.05, 0.1) is 0 Å². The zero-order valence-electron chi connectivity index (χ0n) is 11.4. The van der Waals surface area contributed by atoms with Gasteiger partial charge in [0.25, 0.3) is 0 Å². The Morgan fingerprint density at radius 1 is 1.24 bits per heavy atom. The first-order valence-electron chi connectivity index (χ1n) is 6.37. The molecule has 0 unspecified atom stereocenters. The minimum atomic E-state index is -0.614. The number of hydrogen-bond acceptors (Lipinski definition) is 4. The van der Waals surface area contributed by atoms with Crippen LogP contribution in [0.4, 0.5) is 14.6 Å². The number of rotatable bonds is 6. The molecule has 0 atom stereocenters. The molecule has 21 heavy (non-hydrogen) atoms. The van der Waals surface area contributed by atoms with Crippen LogP contribution < -0.4 is 5.32 Å². The van der Waals surface area contributed by atoms with E-state index in [2.05, 4.69) is 15.3 Å². The van der Waals surface area contributed by atoms with Crippen LogP contribution in [0.1, 0.15) is 18.3 Å². The quantitative estimate of drug-likeness (QED) is 0.828. The van der Waals surface area contributed by atoms with Crippen molar-refractivity contribution in [3.05, 3.63) is 52.4 Å². The Kier molecular flexibility index (Phi) is 5.41. The van der Waals surface area contributed by atoms with Crippen LogP contribution in [0.2, 0.25) is 5.15 Å². The van der Waals surface area contributed by atoms with Crippen molar-refractivity contribution < 1.29 is 13.5 Å². The third kappa shape index (κ3) is 4.61. The standard InChI is InChI=1S/C14H14ClF2N3O/c1-2-21-8-14-19-12(15)6-13(20-14)18-7-9-3-4-10(16)5-11(9)17/h3-6H,2,7-8H2,1H3,(H,18,19,20). The van der Waals surface area contributed by atoms with Gasteiger partial charge in [0.15, 0.2) is 5.82 Å². The lowest BCUT2D eigenvalue weighted by Crippen LogP contribution is -2.07. The average molecular weight is 314 g/mol. The summed E-state index contributed by atoms with van der Waals surface area (Å²) in [6.07, 6.45) is 0. The zero-order valence-corrected chi connectivity index (χ0v) is 12.1. The number of halogens is 3. The Balaban J connectivity index is 2.07. The number of benzene rings is 1.